The average molecular weight is 376 g/mol. The van der Waals surface area contributed by atoms with Crippen LogP contribution in [0.2, 0.25) is 0 Å². The topological polar surface area (TPSA) is 62.4 Å². The van der Waals surface area contributed by atoms with Crippen LogP contribution >= 0.6 is 0 Å². The summed E-state index contributed by atoms with van der Waals surface area (Å²) in [5.41, 5.74) is 4.41. The van der Waals surface area contributed by atoms with Crippen LogP contribution in [-0.2, 0) is 27.2 Å². The highest BCUT2D eigenvalue weighted by Crippen LogP contribution is 2.26. The van der Waals surface area contributed by atoms with Gasteiger partial charge in [-0.05, 0) is 48.9 Å². The van der Waals surface area contributed by atoms with E-state index in [0.29, 0.717) is 19.4 Å². The number of H-pyrrole nitrogens is 1. The van der Waals surface area contributed by atoms with E-state index in [1.165, 1.54) is 16.5 Å². The second-order valence-corrected chi connectivity index (χ2v) is 7.15. The third-order valence-corrected chi connectivity index (χ3v) is 5.27. The van der Waals surface area contributed by atoms with E-state index in [9.17, 15) is 9.59 Å². The van der Waals surface area contributed by atoms with Crippen LogP contribution in [0, 0.1) is 0 Å². The number of nitrogens with one attached hydrogen (secondary N) is 1. The minimum Gasteiger partial charge on any atom is -0.456 e. The van der Waals surface area contributed by atoms with Crippen molar-refractivity contribution >= 4 is 28.5 Å². The van der Waals surface area contributed by atoms with Crippen LogP contribution in [0.3, 0.4) is 0 Å². The summed E-state index contributed by atoms with van der Waals surface area (Å²) in [6.07, 6.45) is 5.71. The zero-order chi connectivity index (χ0) is 19.3. The maximum absolute atomic E-state index is 12.5. The molecule has 1 N–H and O–H groups in total. The van der Waals surface area contributed by atoms with Crippen molar-refractivity contribution in [3.8, 4) is 0 Å². The van der Waals surface area contributed by atoms with Gasteiger partial charge in [-0.3, -0.25) is 9.59 Å². The predicted molar refractivity (Wildman–Crippen MR) is 109 cm³/mol. The highest BCUT2D eigenvalue weighted by atomic mass is 16.5. The number of hydrogen-bond donors (Lipinski definition) is 1. The standard InChI is InChI=1S/C23H24N2O3/c26-22(25-14-6-9-17-7-1-4-12-21(17)25)16-28-23(27)13-5-8-18-15-24-20-11-3-2-10-19(18)20/h1-4,7,10-12,15,24H,5-6,8-9,13-14,16H2. The molecule has 0 fully saturated rings. The number of nitrogens with zero attached hydrogens (tertiary/aromatic N) is 1. The van der Waals surface area contributed by atoms with E-state index >= 15 is 0 Å². The Bertz CT molecular complexity index is 992. The van der Waals surface area contributed by atoms with Crippen LogP contribution in [0.5, 0.6) is 0 Å². The minimum atomic E-state index is -0.321. The number of aromatic nitrogens is 1. The van der Waals surface area contributed by atoms with Crippen molar-refractivity contribution in [3.63, 3.8) is 0 Å². The van der Waals surface area contributed by atoms with E-state index in [0.717, 1.165) is 30.5 Å². The molecule has 1 aliphatic heterocycles. The van der Waals surface area contributed by atoms with Crippen molar-refractivity contribution in [3.05, 3.63) is 65.9 Å². The molecule has 0 unspecified atom stereocenters. The van der Waals surface area contributed by atoms with Gasteiger partial charge in [-0.15, -0.1) is 0 Å². The molecule has 1 aliphatic rings. The molecule has 0 saturated heterocycles. The van der Waals surface area contributed by atoms with Gasteiger partial charge in [-0.1, -0.05) is 36.4 Å². The first-order valence-electron chi connectivity index (χ1n) is 9.81. The largest absolute Gasteiger partial charge is 0.456 e. The molecule has 0 saturated carbocycles. The van der Waals surface area contributed by atoms with E-state index in [2.05, 4.69) is 11.1 Å². The average Bonchev–Trinajstić information content (AvgIpc) is 3.15. The highest BCUT2D eigenvalue weighted by Gasteiger charge is 2.22. The molecule has 1 amide bonds. The molecule has 28 heavy (non-hydrogen) atoms. The lowest BCUT2D eigenvalue weighted by Gasteiger charge is -2.29. The Morgan fingerprint density at radius 1 is 1.07 bits per heavy atom. The molecule has 0 atom stereocenters. The Kier molecular flexibility index (Phi) is 5.42. The molecule has 0 spiro atoms. The molecule has 5 nitrogen and oxygen atoms in total. The quantitative estimate of drug-likeness (QED) is 0.661. The molecule has 0 bridgehead atoms. The first-order valence-corrected chi connectivity index (χ1v) is 9.81. The summed E-state index contributed by atoms with van der Waals surface area (Å²) in [7, 11) is 0. The number of amides is 1. The van der Waals surface area contributed by atoms with Gasteiger partial charge in [0.15, 0.2) is 6.61 Å². The maximum atomic E-state index is 12.5. The van der Waals surface area contributed by atoms with Crippen LogP contribution in [0.15, 0.2) is 54.7 Å². The molecular formula is C23H24N2O3. The van der Waals surface area contributed by atoms with Crippen molar-refractivity contribution in [2.24, 2.45) is 0 Å². The van der Waals surface area contributed by atoms with Gasteiger partial charge in [0.2, 0.25) is 0 Å². The Hall–Kier alpha value is -3.08. The molecule has 0 radical (unpaired) electrons. The van der Waals surface area contributed by atoms with Gasteiger partial charge in [0.1, 0.15) is 0 Å². The third-order valence-electron chi connectivity index (χ3n) is 5.27. The van der Waals surface area contributed by atoms with Crippen LogP contribution in [-0.4, -0.2) is 30.0 Å². The number of hydrogen-bond acceptors (Lipinski definition) is 3. The Morgan fingerprint density at radius 2 is 1.89 bits per heavy atom. The number of ether oxygens (including phenoxy) is 1. The minimum absolute atomic E-state index is 0.155. The van der Waals surface area contributed by atoms with E-state index in [1.54, 1.807) is 4.90 Å². The predicted octanol–water partition coefficient (Wildman–Crippen LogP) is 4.01. The Labute approximate surface area is 164 Å². The van der Waals surface area contributed by atoms with Gasteiger partial charge in [0.05, 0.1) is 0 Å². The maximum Gasteiger partial charge on any atom is 0.306 e. The van der Waals surface area contributed by atoms with Crippen LogP contribution in [0.1, 0.15) is 30.4 Å². The second kappa shape index (κ2) is 8.30. The fourth-order valence-electron chi connectivity index (χ4n) is 3.85. The first kappa shape index (κ1) is 18.3. The molecule has 4 rings (SSSR count). The zero-order valence-corrected chi connectivity index (χ0v) is 15.8. The number of fused-ring (bicyclic) bond motifs is 2. The molecule has 2 heterocycles. The number of carbonyl (C=O) groups excluding carboxylic acids is 2. The summed E-state index contributed by atoms with van der Waals surface area (Å²) in [4.78, 5) is 29.6. The fraction of sp³-hybridized carbons (Fsp3) is 0.304. The number of carbonyl (C=O) groups is 2. The number of aryl methyl sites for hydroxylation is 2. The van der Waals surface area contributed by atoms with Gasteiger partial charge < -0.3 is 14.6 Å². The summed E-state index contributed by atoms with van der Waals surface area (Å²) in [5, 5.41) is 1.19. The SMILES string of the molecule is O=C(CCCc1c[nH]c2ccccc12)OCC(=O)N1CCCc2ccccc21. The molecule has 3 aromatic rings. The third kappa shape index (κ3) is 3.93. The molecule has 2 aromatic carbocycles. The molecular weight excluding hydrogens is 352 g/mol. The first-order chi connectivity index (χ1) is 13.7. The van der Waals surface area contributed by atoms with Gasteiger partial charge in [0, 0.05) is 35.8 Å². The molecule has 5 heteroatoms. The summed E-state index contributed by atoms with van der Waals surface area (Å²) < 4.78 is 5.24. The van der Waals surface area contributed by atoms with E-state index in [4.69, 9.17) is 4.74 Å². The van der Waals surface area contributed by atoms with Crippen molar-refractivity contribution in [2.75, 3.05) is 18.1 Å². The lowest BCUT2D eigenvalue weighted by molar-refractivity contribution is -0.147. The lowest BCUT2D eigenvalue weighted by atomic mass is 10.0. The smallest absolute Gasteiger partial charge is 0.306 e. The van der Waals surface area contributed by atoms with E-state index in [-0.39, 0.29) is 18.5 Å². The van der Waals surface area contributed by atoms with E-state index < -0.39 is 0 Å². The van der Waals surface area contributed by atoms with Gasteiger partial charge in [-0.2, -0.15) is 0 Å². The monoisotopic (exact) mass is 376 g/mol. The highest BCUT2D eigenvalue weighted by molar-refractivity contribution is 5.96. The molecule has 0 aliphatic carbocycles. The number of esters is 1. The van der Waals surface area contributed by atoms with Gasteiger partial charge in [-0.25, -0.2) is 0 Å². The zero-order valence-electron chi connectivity index (χ0n) is 15.8. The summed E-state index contributed by atoms with van der Waals surface area (Å²) in [6, 6.07) is 16.0. The normalized spacial score (nSPS) is 13.4. The van der Waals surface area contributed by atoms with Crippen LogP contribution < -0.4 is 4.90 Å². The van der Waals surface area contributed by atoms with Crippen molar-refractivity contribution in [1.29, 1.82) is 0 Å². The molecule has 1 aromatic heterocycles. The molecule has 144 valence electrons. The number of benzene rings is 2. The Balaban J connectivity index is 1.25. The van der Waals surface area contributed by atoms with Crippen LogP contribution in [0.25, 0.3) is 10.9 Å². The number of aromatic amines is 1. The van der Waals surface area contributed by atoms with Crippen LogP contribution in [0.4, 0.5) is 5.69 Å². The van der Waals surface area contributed by atoms with Crippen molar-refractivity contribution in [1.82, 2.24) is 4.98 Å². The fourth-order valence-corrected chi connectivity index (χ4v) is 3.85. The number of rotatable bonds is 6. The summed E-state index contributed by atoms with van der Waals surface area (Å²) in [6.45, 7) is 0.480. The summed E-state index contributed by atoms with van der Waals surface area (Å²) in [5.74, 6) is -0.476. The van der Waals surface area contributed by atoms with Gasteiger partial charge >= 0.3 is 5.97 Å². The summed E-state index contributed by atoms with van der Waals surface area (Å²) >= 11 is 0. The van der Waals surface area contributed by atoms with Crippen molar-refractivity contribution in [2.45, 2.75) is 32.1 Å². The second-order valence-electron chi connectivity index (χ2n) is 7.15. The van der Waals surface area contributed by atoms with E-state index in [1.807, 2.05) is 48.7 Å². The Morgan fingerprint density at radius 3 is 2.82 bits per heavy atom. The van der Waals surface area contributed by atoms with Crippen molar-refractivity contribution < 1.29 is 14.3 Å². The van der Waals surface area contributed by atoms with Gasteiger partial charge in [0.25, 0.3) is 5.91 Å². The lowest BCUT2D eigenvalue weighted by Crippen LogP contribution is -2.38. The number of para-hydroxylation sites is 2. The number of anilines is 1.